The molecule has 0 radical (unpaired) electrons. The number of ether oxygens (including phenoxy) is 1. The van der Waals surface area contributed by atoms with Gasteiger partial charge in [-0.25, -0.2) is 0 Å². The standard InChI is InChI=1S/C46H65NO6/c1-26(2)39-36(49)25-46(21-22-47-41(50)28-9-11-30(53-8)12-10-28)20-16-34-31(40(39)46)13-14-38-44(34,6)19-17-37-43(4,5)29(15-18-45(37,38)7)23-35(48)32-24-33(27(32)3)42(51)52/h9-12,26-27,29,31-34,37-38H,13-25H2,1-8H3,(H,47,50)(H,51,52). The van der Waals surface area contributed by atoms with E-state index in [2.05, 4.69) is 46.9 Å². The van der Waals surface area contributed by atoms with Gasteiger partial charge in [-0.15, -0.1) is 0 Å². The maximum absolute atomic E-state index is 13.9. The van der Waals surface area contributed by atoms with Gasteiger partial charge in [0, 0.05) is 36.3 Å². The molecule has 11 atom stereocenters. The number of carboxylic acids is 1. The second-order valence-corrected chi connectivity index (χ2v) is 20.0. The lowest BCUT2D eigenvalue weighted by molar-refractivity contribution is -0.193. The summed E-state index contributed by atoms with van der Waals surface area (Å²) >= 11 is 0. The number of ketones is 2. The number of carbonyl (C=O) groups is 4. The number of fused-ring (bicyclic) bond motifs is 7. The molecule has 11 unspecified atom stereocenters. The van der Waals surface area contributed by atoms with Crippen LogP contribution in [-0.4, -0.2) is 42.2 Å². The van der Waals surface area contributed by atoms with Gasteiger partial charge in [0.1, 0.15) is 11.5 Å². The van der Waals surface area contributed by atoms with Crippen LogP contribution in [0.25, 0.3) is 0 Å². The molecule has 7 heteroatoms. The van der Waals surface area contributed by atoms with E-state index in [0.717, 1.165) is 49.8 Å². The van der Waals surface area contributed by atoms with Crippen molar-refractivity contribution >= 4 is 23.4 Å². The maximum atomic E-state index is 13.9. The quantitative estimate of drug-likeness (QED) is 0.249. The Bertz CT molecular complexity index is 1670. The molecule has 6 aliphatic carbocycles. The van der Waals surface area contributed by atoms with Crippen LogP contribution in [0.3, 0.4) is 0 Å². The minimum absolute atomic E-state index is 0.0448. The van der Waals surface area contributed by atoms with Crippen LogP contribution in [0.1, 0.15) is 136 Å². The molecule has 1 aromatic carbocycles. The van der Waals surface area contributed by atoms with Crippen LogP contribution in [0.2, 0.25) is 0 Å². The summed E-state index contributed by atoms with van der Waals surface area (Å²) in [5.74, 6) is 2.68. The highest BCUT2D eigenvalue weighted by molar-refractivity contribution is 6.00. The summed E-state index contributed by atoms with van der Waals surface area (Å²) in [6.07, 6.45) is 11.6. The topological polar surface area (TPSA) is 110 Å². The molecule has 0 spiro atoms. The van der Waals surface area contributed by atoms with E-state index in [1.165, 1.54) is 24.8 Å². The van der Waals surface area contributed by atoms with Gasteiger partial charge in [0.05, 0.1) is 13.0 Å². The molecule has 6 aliphatic rings. The summed E-state index contributed by atoms with van der Waals surface area (Å²) in [5, 5.41) is 12.7. The van der Waals surface area contributed by atoms with Crippen molar-refractivity contribution < 1.29 is 29.0 Å². The summed E-state index contributed by atoms with van der Waals surface area (Å²) in [6.45, 7) is 17.0. The van der Waals surface area contributed by atoms with Crippen molar-refractivity contribution in [2.45, 2.75) is 126 Å². The first-order chi connectivity index (χ1) is 25.0. The van der Waals surface area contributed by atoms with E-state index < -0.39 is 5.97 Å². The molecule has 0 heterocycles. The summed E-state index contributed by atoms with van der Waals surface area (Å²) in [6, 6.07) is 7.23. The van der Waals surface area contributed by atoms with Gasteiger partial charge < -0.3 is 15.2 Å². The summed E-state index contributed by atoms with van der Waals surface area (Å²) in [7, 11) is 1.62. The third-order valence-corrected chi connectivity index (χ3v) is 17.2. The summed E-state index contributed by atoms with van der Waals surface area (Å²) in [5.41, 5.74) is 3.49. The van der Waals surface area contributed by atoms with Crippen LogP contribution >= 0.6 is 0 Å². The van der Waals surface area contributed by atoms with Crippen molar-refractivity contribution in [3.05, 3.63) is 41.0 Å². The van der Waals surface area contributed by atoms with Gasteiger partial charge in [-0.1, -0.05) is 54.0 Å². The fourth-order valence-electron chi connectivity index (χ4n) is 14.4. The van der Waals surface area contributed by atoms with E-state index in [9.17, 15) is 24.3 Å². The predicted molar refractivity (Wildman–Crippen MR) is 206 cm³/mol. The van der Waals surface area contributed by atoms with Crippen LogP contribution < -0.4 is 10.1 Å². The Morgan fingerprint density at radius 3 is 2.25 bits per heavy atom. The smallest absolute Gasteiger partial charge is 0.306 e. The molecule has 0 aliphatic heterocycles. The number of rotatable bonds is 10. The second-order valence-electron chi connectivity index (χ2n) is 20.0. The second kappa shape index (κ2) is 13.7. The van der Waals surface area contributed by atoms with Crippen LogP contribution in [-0.2, 0) is 14.4 Å². The number of carbonyl (C=O) groups excluding carboxylic acids is 3. The number of aliphatic carboxylic acids is 1. The van der Waals surface area contributed by atoms with Crippen molar-refractivity contribution in [2.24, 2.45) is 74.9 Å². The molecule has 290 valence electrons. The zero-order valence-electron chi connectivity index (χ0n) is 33.7. The van der Waals surface area contributed by atoms with Crippen molar-refractivity contribution in [1.29, 1.82) is 0 Å². The lowest BCUT2D eigenvalue weighted by Gasteiger charge is -2.69. The Morgan fingerprint density at radius 1 is 0.906 bits per heavy atom. The summed E-state index contributed by atoms with van der Waals surface area (Å²) < 4.78 is 5.27. The van der Waals surface area contributed by atoms with Crippen molar-refractivity contribution in [3.63, 3.8) is 0 Å². The minimum Gasteiger partial charge on any atom is -0.497 e. The third kappa shape index (κ3) is 6.04. The molecule has 7 nitrogen and oxygen atoms in total. The fraction of sp³-hybridized carbons (Fsp3) is 0.739. The first kappa shape index (κ1) is 38.3. The highest BCUT2D eigenvalue weighted by Crippen LogP contribution is 2.74. The molecule has 5 fully saturated rings. The van der Waals surface area contributed by atoms with Gasteiger partial charge in [-0.3, -0.25) is 19.2 Å². The average Bonchev–Trinajstić information content (AvgIpc) is 3.40. The van der Waals surface area contributed by atoms with Crippen LogP contribution in [0.4, 0.5) is 0 Å². The Morgan fingerprint density at radius 2 is 1.60 bits per heavy atom. The monoisotopic (exact) mass is 727 g/mol. The number of carboxylic acid groups (broad SMARTS) is 1. The van der Waals surface area contributed by atoms with Gasteiger partial charge in [0.25, 0.3) is 5.91 Å². The number of Topliss-reactive ketones (excluding diaryl/α,β-unsaturated/α-hetero) is 2. The SMILES string of the molecule is COc1ccc(C(=O)NCCC23CCC4C(CCC5C4(C)CCC4C(C)(C)C(CC(=O)C6CC(C(=O)O)C6C)CCC45C)C2=C(C(C)C)C(=O)C3)cc1. The maximum Gasteiger partial charge on any atom is 0.306 e. The molecule has 0 bridgehead atoms. The Hall–Kier alpha value is -2.96. The number of amides is 1. The van der Waals surface area contributed by atoms with Gasteiger partial charge in [-0.05, 0) is 152 Å². The number of allylic oxidation sites excluding steroid dienone is 2. The molecule has 53 heavy (non-hydrogen) atoms. The van der Waals surface area contributed by atoms with Crippen LogP contribution in [0.5, 0.6) is 5.75 Å². The molecule has 0 aromatic heterocycles. The lowest BCUT2D eigenvalue weighted by Crippen LogP contribution is -2.62. The van der Waals surface area contributed by atoms with Gasteiger partial charge in [0.2, 0.25) is 0 Å². The Balaban J connectivity index is 1.08. The predicted octanol–water partition coefficient (Wildman–Crippen LogP) is 9.34. The fourth-order valence-corrected chi connectivity index (χ4v) is 14.4. The van der Waals surface area contributed by atoms with Crippen LogP contribution in [0, 0.1) is 74.9 Å². The van der Waals surface area contributed by atoms with E-state index in [-0.39, 0.29) is 51.2 Å². The average molecular weight is 728 g/mol. The number of benzene rings is 1. The number of hydrogen-bond acceptors (Lipinski definition) is 5. The third-order valence-electron chi connectivity index (χ3n) is 17.2. The molecule has 1 amide bonds. The molecule has 5 saturated carbocycles. The zero-order chi connectivity index (χ0) is 38.2. The highest BCUT2D eigenvalue weighted by Gasteiger charge is 2.66. The van der Waals surface area contributed by atoms with Gasteiger partial charge >= 0.3 is 5.97 Å². The minimum atomic E-state index is -0.760. The number of methoxy groups -OCH3 is 1. The zero-order valence-corrected chi connectivity index (χ0v) is 33.7. The van der Waals surface area contributed by atoms with E-state index in [1.807, 2.05) is 19.1 Å². The Kier molecular flexibility index (Phi) is 9.87. The molecule has 0 saturated heterocycles. The van der Waals surface area contributed by atoms with Gasteiger partial charge in [-0.2, -0.15) is 0 Å². The summed E-state index contributed by atoms with van der Waals surface area (Å²) in [4.78, 5) is 52.2. The van der Waals surface area contributed by atoms with Crippen molar-refractivity contribution in [2.75, 3.05) is 13.7 Å². The molecule has 1 aromatic rings. The number of nitrogens with one attached hydrogen (secondary N) is 1. The first-order valence-corrected chi connectivity index (χ1v) is 20.9. The van der Waals surface area contributed by atoms with E-state index in [1.54, 1.807) is 19.2 Å². The van der Waals surface area contributed by atoms with Crippen LogP contribution in [0.15, 0.2) is 35.4 Å². The van der Waals surface area contributed by atoms with E-state index in [0.29, 0.717) is 72.5 Å². The Labute approximate surface area is 317 Å². The first-order valence-electron chi connectivity index (χ1n) is 20.9. The molecular formula is C46H65NO6. The largest absolute Gasteiger partial charge is 0.497 e. The molecule has 2 N–H and O–H groups in total. The molecular weight excluding hydrogens is 663 g/mol. The molecule has 7 rings (SSSR count). The normalized spacial score (nSPS) is 40.0. The van der Waals surface area contributed by atoms with Gasteiger partial charge in [0.15, 0.2) is 5.78 Å². The van der Waals surface area contributed by atoms with E-state index in [4.69, 9.17) is 4.74 Å². The lowest BCUT2D eigenvalue weighted by atomic mass is 9.35. The van der Waals surface area contributed by atoms with E-state index >= 15 is 0 Å². The van der Waals surface area contributed by atoms with Crippen molar-refractivity contribution in [1.82, 2.24) is 5.32 Å². The van der Waals surface area contributed by atoms with Crippen molar-refractivity contribution in [3.8, 4) is 5.75 Å². The number of hydrogen-bond donors (Lipinski definition) is 2. The highest BCUT2D eigenvalue weighted by atomic mass is 16.5.